The molecule has 0 aromatic carbocycles. The fourth-order valence-corrected chi connectivity index (χ4v) is 3.55. The molecule has 7 heteroatoms. The van der Waals surface area contributed by atoms with E-state index >= 15 is 0 Å². The summed E-state index contributed by atoms with van der Waals surface area (Å²) in [5.74, 6) is -0.171. The fourth-order valence-electron chi connectivity index (χ4n) is 3.01. The summed E-state index contributed by atoms with van der Waals surface area (Å²) in [5, 5.41) is 0. The van der Waals surface area contributed by atoms with Gasteiger partial charge >= 0.3 is 59.1 Å². The maximum atomic E-state index is 10.7. The standard InChI is InChI=1S/C21H43NO3S.2Na.2H/c1-3-4-5-6-7-8-9-10-11-12-13-14-15-16-17-18-19-22(2)20-21-26(23,24)25;;;;/h10-11H,3-9,12-21H2,1-2H3,(H,23,24,25);;;;/b11-10-;;;;. The normalized spacial score (nSPS) is 11.6. The second-order valence-electron chi connectivity index (χ2n) is 7.53. The average Bonchev–Trinajstić information content (AvgIpc) is 2.59. The molecule has 0 saturated carbocycles. The van der Waals surface area contributed by atoms with Gasteiger partial charge in [-0.2, -0.15) is 8.42 Å². The Morgan fingerprint density at radius 2 is 1.14 bits per heavy atom. The van der Waals surface area contributed by atoms with Crippen molar-refractivity contribution in [2.75, 3.05) is 25.9 Å². The molecule has 0 unspecified atom stereocenters. The summed E-state index contributed by atoms with van der Waals surface area (Å²) >= 11 is 0. The van der Waals surface area contributed by atoms with E-state index in [0.29, 0.717) is 6.54 Å². The van der Waals surface area contributed by atoms with Crippen LogP contribution in [0.15, 0.2) is 12.2 Å². The van der Waals surface area contributed by atoms with Gasteiger partial charge in [0.2, 0.25) is 0 Å². The van der Waals surface area contributed by atoms with Gasteiger partial charge in [-0.05, 0) is 45.7 Å². The first-order valence-corrected chi connectivity index (χ1v) is 12.4. The van der Waals surface area contributed by atoms with Crippen LogP contribution >= 0.6 is 0 Å². The summed E-state index contributed by atoms with van der Waals surface area (Å²) in [5.41, 5.74) is 0. The first kappa shape index (κ1) is 34.2. The Morgan fingerprint density at radius 3 is 1.61 bits per heavy atom. The van der Waals surface area contributed by atoms with Crippen LogP contribution in [0, 0.1) is 0 Å². The van der Waals surface area contributed by atoms with E-state index in [4.69, 9.17) is 4.55 Å². The average molecular weight is 438 g/mol. The molecule has 0 atom stereocenters. The molecule has 0 aliphatic carbocycles. The van der Waals surface area contributed by atoms with E-state index in [-0.39, 0.29) is 64.9 Å². The summed E-state index contributed by atoms with van der Waals surface area (Å²) in [6.45, 7) is 3.57. The third kappa shape index (κ3) is 29.8. The minimum absolute atomic E-state index is 0. The van der Waals surface area contributed by atoms with Crippen LogP contribution in [0.3, 0.4) is 0 Å². The third-order valence-electron chi connectivity index (χ3n) is 4.78. The van der Waals surface area contributed by atoms with Gasteiger partial charge in [0.15, 0.2) is 0 Å². The molecule has 160 valence electrons. The second-order valence-corrected chi connectivity index (χ2v) is 9.10. The van der Waals surface area contributed by atoms with Gasteiger partial charge < -0.3 is 4.90 Å². The number of unbranched alkanes of at least 4 members (excludes halogenated alkanes) is 12. The van der Waals surface area contributed by atoms with Gasteiger partial charge in [-0.3, -0.25) is 4.55 Å². The van der Waals surface area contributed by atoms with E-state index in [1.54, 1.807) is 0 Å². The van der Waals surface area contributed by atoms with Crippen LogP contribution in [0.5, 0.6) is 0 Å². The molecule has 1 N–H and O–H groups in total. The van der Waals surface area contributed by atoms with Crippen LogP contribution in [0.4, 0.5) is 0 Å². The SMILES string of the molecule is CCCCCCCC/C=C\CCCCCCCCN(C)CCS(=O)(=O)O.[NaH].[NaH]. The zero-order chi connectivity index (χ0) is 19.5. The molecule has 0 bridgehead atoms. The Balaban J connectivity index is -0.00000312. The van der Waals surface area contributed by atoms with Gasteiger partial charge in [0.25, 0.3) is 10.1 Å². The molecule has 0 aliphatic rings. The van der Waals surface area contributed by atoms with E-state index in [1.165, 1.54) is 83.5 Å². The summed E-state index contributed by atoms with van der Waals surface area (Å²) in [6, 6.07) is 0. The van der Waals surface area contributed by atoms with Crippen molar-refractivity contribution in [1.82, 2.24) is 4.90 Å². The van der Waals surface area contributed by atoms with Crippen LogP contribution in [0.1, 0.15) is 96.8 Å². The zero-order valence-corrected chi connectivity index (χ0v) is 18.1. The Bertz CT molecular complexity index is 431. The van der Waals surface area contributed by atoms with Crippen LogP contribution in [-0.2, 0) is 10.1 Å². The molecule has 0 rings (SSSR count). The van der Waals surface area contributed by atoms with Gasteiger partial charge in [-0.25, -0.2) is 0 Å². The Morgan fingerprint density at radius 1 is 0.714 bits per heavy atom. The van der Waals surface area contributed by atoms with Gasteiger partial charge in [-0.15, -0.1) is 0 Å². The molecule has 0 fully saturated rings. The Kier molecular flexibility index (Phi) is 30.4. The minimum atomic E-state index is -3.83. The molecule has 0 heterocycles. The van der Waals surface area contributed by atoms with Gasteiger partial charge in [0.1, 0.15) is 0 Å². The summed E-state index contributed by atoms with van der Waals surface area (Å²) in [4.78, 5) is 1.97. The fraction of sp³-hybridized carbons (Fsp3) is 0.905. The molecular formula is C21H45NNa2O3S. The van der Waals surface area contributed by atoms with E-state index in [0.717, 1.165) is 13.0 Å². The van der Waals surface area contributed by atoms with Gasteiger partial charge in [-0.1, -0.05) is 76.9 Å². The number of hydrogen-bond donors (Lipinski definition) is 1. The van der Waals surface area contributed by atoms with E-state index in [1.807, 2.05) is 11.9 Å². The van der Waals surface area contributed by atoms with Crippen LogP contribution in [0.25, 0.3) is 0 Å². The van der Waals surface area contributed by atoms with Crippen molar-refractivity contribution in [3.8, 4) is 0 Å². The van der Waals surface area contributed by atoms with E-state index in [9.17, 15) is 8.42 Å². The van der Waals surface area contributed by atoms with Gasteiger partial charge in [0, 0.05) is 6.54 Å². The van der Waals surface area contributed by atoms with Crippen LogP contribution in [-0.4, -0.2) is 103 Å². The van der Waals surface area contributed by atoms with Crippen LogP contribution < -0.4 is 0 Å². The molecule has 0 aromatic heterocycles. The van der Waals surface area contributed by atoms with Crippen molar-refractivity contribution >= 4 is 69.2 Å². The quantitative estimate of drug-likeness (QED) is 0.139. The molecule has 0 spiro atoms. The molecular weight excluding hydrogens is 392 g/mol. The monoisotopic (exact) mass is 437 g/mol. The number of hydrogen-bond acceptors (Lipinski definition) is 3. The molecule has 0 aliphatic heterocycles. The first-order valence-electron chi connectivity index (χ1n) is 10.7. The summed E-state index contributed by atoms with van der Waals surface area (Å²) < 4.78 is 30.1. The summed E-state index contributed by atoms with van der Waals surface area (Å²) in [7, 11) is -1.92. The number of allylic oxidation sites excluding steroid dienone is 2. The first-order chi connectivity index (χ1) is 12.5. The molecule has 0 saturated heterocycles. The van der Waals surface area contributed by atoms with Crippen LogP contribution in [0.2, 0.25) is 0 Å². The third-order valence-corrected chi connectivity index (χ3v) is 5.48. The maximum absolute atomic E-state index is 10.7. The van der Waals surface area contributed by atoms with Crippen molar-refractivity contribution in [1.29, 1.82) is 0 Å². The Hall–Kier alpha value is 1.61. The second kappa shape index (κ2) is 24.9. The zero-order valence-electron chi connectivity index (χ0n) is 17.3. The Labute approximate surface area is 220 Å². The van der Waals surface area contributed by atoms with E-state index < -0.39 is 10.1 Å². The predicted octanol–water partition coefficient (Wildman–Crippen LogP) is 4.55. The molecule has 28 heavy (non-hydrogen) atoms. The van der Waals surface area contributed by atoms with Crippen molar-refractivity contribution in [2.24, 2.45) is 0 Å². The van der Waals surface area contributed by atoms with Crippen molar-refractivity contribution in [3.05, 3.63) is 12.2 Å². The molecule has 0 amide bonds. The predicted molar refractivity (Wildman–Crippen MR) is 128 cm³/mol. The van der Waals surface area contributed by atoms with E-state index in [2.05, 4.69) is 19.1 Å². The number of nitrogens with zero attached hydrogens (tertiary/aromatic N) is 1. The van der Waals surface area contributed by atoms with Crippen molar-refractivity contribution in [2.45, 2.75) is 96.8 Å². The van der Waals surface area contributed by atoms with Crippen molar-refractivity contribution < 1.29 is 13.0 Å². The summed E-state index contributed by atoms with van der Waals surface area (Å²) in [6.07, 6.45) is 22.9. The number of rotatable bonds is 19. The van der Waals surface area contributed by atoms with Gasteiger partial charge in [0.05, 0.1) is 5.75 Å². The molecule has 4 nitrogen and oxygen atoms in total. The molecule has 0 aromatic rings. The van der Waals surface area contributed by atoms with Crippen molar-refractivity contribution in [3.63, 3.8) is 0 Å². The molecule has 0 radical (unpaired) electrons. The topological polar surface area (TPSA) is 57.6 Å².